The van der Waals surface area contributed by atoms with E-state index in [0.29, 0.717) is 5.56 Å². The SMILES string of the molecule is C[C@](Cc1ccccc1)(C(=O)O)[C@H](NC(=O)c1ccccc1)c1ccccc1. The van der Waals surface area contributed by atoms with Crippen LogP contribution in [0.3, 0.4) is 0 Å². The predicted octanol–water partition coefficient (Wildman–Crippen LogP) is 4.49. The number of carboxylic acid groups (broad SMARTS) is 1. The second kappa shape index (κ2) is 8.53. The van der Waals surface area contributed by atoms with Crippen molar-refractivity contribution in [3.63, 3.8) is 0 Å². The molecule has 0 unspecified atom stereocenters. The number of hydrogen-bond donors (Lipinski definition) is 2. The first-order chi connectivity index (χ1) is 13.5. The molecule has 142 valence electrons. The van der Waals surface area contributed by atoms with Crippen LogP contribution in [0, 0.1) is 5.41 Å². The van der Waals surface area contributed by atoms with Crippen molar-refractivity contribution in [3.8, 4) is 0 Å². The quantitative estimate of drug-likeness (QED) is 0.641. The first kappa shape index (κ1) is 19.4. The Morgan fingerprint density at radius 3 is 1.89 bits per heavy atom. The summed E-state index contributed by atoms with van der Waals surface area (Å²) in [5.74, 6) is -1.26. The molecule has 0 aliphatic carbocycles. The molecule has 0 heterocycles. The Hall–Kier alpha value is -3.40. The Morgan fingerprint density at radius 1 is 0.857 bits per heavy atom. The normalized spacial score (nSPS) is 13.9. The summed E-state index contributed by atoms with van der Waals surface area (Å²) >= 11 is 0. The lowest BCUT2D eigenvalue weighted by atomic mass is 9.74. The average Bonchev–Trinajstić information content (AvgIpc) is 2.73. The van der Waals surface area contributed by atoms with Gasteiger partial charge in [-0.2, -0.15) is 0 Å². The van der Waals surface area contributed by atoms with Gasteiger partial charge in [0.1, 0.15) is 0 Å². The number of hydrogen-bond acceptors (Lipinski definition) is 2. The molecule has 4 heteroatoms. The molecule has 3 aromatic carbocycles. The van der Waals surface area contributed by atoms with Gasteiger partial charge in [-0.15, -0.1) is 0 Å². The van der Waals surface area contributed by atoms with E-state index >= 15 is 0 Å². The number of carbonyl (C=O) groups is 2. The molecule has 0 aliphatic rings. The summed E-state index contributed by atoms with van der Waals surface area (Å²) in [7, 11) is 0. The molecular formula is C24H23NO3. The lowest BCUT2D eigenvalue weighted by Gasteiger charge is -2.35. The molecule has 0 spiro atoms. The van der Waals surface area contributed by atoms with Crippen LogP contribution < -0.4 is 5.32 Å². The van der Waals surface area contributed by atoms with E-state index in [1.807, 2.05) is 66.7 Å². The minimum atomic E-state index is -1.23. The van der Waals surface area contributed by atoms with Crippen molar-refractivity contribution in [2.24, 2.45) is 5.41 Å². The Bertz CT molecular complexity index is 926. The van der Waals surface area contributed by atoms with E-state index < -0.39 is 17.4 Å². The van der Waals surface area contributed by atoms with Gasteiger partial charge in [0.05, 0.1) is 11.5 Å². The zero-order valence-electron chi connectivity index (χ0n) is 15.7. The van der Waals surface area contributed by atoms with Gasteiger partial charge in [0.25, 0.3) is 5.91 Å². The number of nitrogens with one attached hydrogen (secondary N) is 1. The van der Waals surface area contributed by atoms with E-state index in [2.05, 4.69) is 5.32 Å². The minimum Gasteiger partial charge on any atom is -0.481 e. The van der Waals surface area contributed by atoms with Crippen LogP contribution in [0.15, 0.2) is 91.0 Å². The third-order valence-electron chi connectivity index (χ3n) is 4.98. The van der Waals surface area contributed by atoms with Crippen LogP contribution in [0.4, 0.5) is 0 Å². The van der Waals surface area contributed by atoms with E-state index in [-0.39, 0.29) is 12.3 Å². The number of carbonyl (C=O) groups excluding carboxylic acids is 1. The first-order valence-corrected chi connectivity index (χ1v) is 9.19. The summed E-state index contributed by atoms with van der Waals surface area (Å²) in [5, 5.41) is 13.1. The van der Waals surface area contributed by atoms with E-state index in [0.717, 1.165) is 11.1 Å². The molecule has 0 aromatic heterocycles. The van der Waals surface area contributed by atoms with Crippen molar-refractivity contribution >= 4 is 11.9 Å². The van der Waals surface area contributed by atoms with Gasteiger partial charge in [-0.3, -0.25) is 9.59 Å². The lowest BCUT2D eigenvalue weighted by Crippen LogP contribution is -2.45. The van der Waals surface area contributed by atoms with Crippen LogP contribution in [0.25, 0.3) is 0 Å². The number of carboxylic acids is 1. The number of amides is 1. The van der Waals surface area contributed by atoms with Gasteiger partial charge in [-0.1, -0.05) is 78.9 Å². The van der Waals surface area contributed by atoms with Crippen molar-refractivity contribution in [2.75, 3.05) is 0 Å². The van der Waals surface area contributed by atoms with E-state index in [9.17, 15) is 14.7 Å². The fourth-order valence-corrected chi connectivity index (χ4v) is 3.38. The molecule has 0 bridgehead atoms. The molecule has 0 saturated heterocycles. The molecule has 3 aromatic rings. The predicted molar refractivity (Wildman–Crippen MR) is 109 cm³/mol. The zero-order chi connectivity index (χ0) is 20.0. The molecular weight excluding hydrogens is 350 g/mol. The number of aliphatic carboxylic acids is 1. The van der Waals surface area contributed by atoms with Crippen molar-refractivity contribution in [3.05, 3.63) is 108 Å². The van der Waals surface area contributed by atoms with E-state index in [4.69, 9.17) is 0 Å². The molecule has 1 amide bonds. The minimum absolute atomic E-state index is 0.289. The third kappa shape index (κ3) is 4.29. The van der Waals surface area contributed by atoms with Crippen molar-refractivity contribution in [2.45, 2.75) is 19.4 Å². The van der Waals surface area contributed by atoms with E-state index in [1.165, 1.54) is 0 Å². The summed E-state index contributed by atoms with van der Waals surface area (Å²) in [6.45, 7) is 1.69. The Balaban J connectivity index is 2.00. The van der Waals surface area contributed by atoms with Crippen LogP contribution in [0.1, 0.15) is 34.5 Å². The summed E-state index contributed by atoms with van der Waals surface area (Å²) in [5.41, 5.74) is 0.929. The molecule has 4 nitrogen and oxygen atoms in total. The number of benzene rings is 3. The highest BCUT2D eigenvalue weighted by Gasteiger charge is 2.43. The Kier molecular flexibility index (Phi) is 5.90. The van der Waals surface area contributed by atoms with Crippen molar-refractivity contribution in [1.82, 2.24) is 5.32 Å². The molecule has 0 saturated carbocycles. The third-order valence-corrected chi connectivity index (χ3v) is 4.98. The summed E-state index contributed by atoms with van der Waals surface area (Å²) in [6.07, 6.45) is 0.289. The number of rotatable bonds is 7. The van der Waals surface area contributed by atoms with Crippen LogP contribution in [-0.4, -0.2) is 17.0 Å². The average molecular weight is 373 g/mol. The summed E-state index contributed by atoms with van der Waals surface area (Å²) in [4.78, 5) is 25.3. The fourth-order valence-electron chi connectivity index (χ4n) is 3.38. The van der Waals surface area contributed by atoms with Gasteiger partial charge in [-0.25, -0.2) is 0 Å². The fraction of sp³-hybridized carbons (Fsp3) is 0.167. The van der Waals surface area contributed by atoms with Crippen LogP contribution in [-0.2, 0) is 11.2 Å². The Labute approximate surface area is 164 Å². The maximum Gasteiger partial charge on any atom is 0.312 e. The molecule has 0 fully saturated rings. The lowest BCUT2D eigenvalue weighted by molar-refractivity contribution is -0.149. The molecule has 28 heavy (non-hydrogen) atoms. The van der Waals surface area contributed by atoms with Gasteiger partial charge in [0.15, 0.2) is 0 Å². The van der Waals surface area contributed by atoms with Gasteiger partial charge in [-0.05, 0) is 36.6 Å². The van der Waals surface area contributed by atoms with Gasteiger partial charge < -0.3 is 10.4 Å². The van der Waals surface area contributed by atoms with E-state index in [1.54, 1.807) is 31.2 Å². The summed E-state index contributed by atoms with van der Waals surface area (Å²) in [6, 6.07) is 26.9. The highest BCUT2D eigenvalue weighted by atomic mass is 16.4. The standard InChI is InChI=1S/C24H23NO3/c1-24(23(27)28,17-18-11-5-2-6-12-18)21(19-13-7-3-8-14-19)25-22(26)20-15-9-4-10-16-20/h2-16,21H,17H2,1H3,(H,25,26)(H,27,28)/t21-,24-/m1/s1. The maximum atomic E-state index is 12.8. The maximum absolute atomic E-state index is 12.8. The largest absolute Gasteiger partial charge is 0.481 e. The molecule has 0 aliphatic heterocycles. The monoisotopic (exact) mass is 373 g/mol. The highest BCUT2D eigenvalue weighted by molar-refractivity contribution is 5.95. The molecule has 3 rings (SSSR count). The highest BCUT2D eigenvalue weighted by Crippen LogP contribution is 2.37. The van der Waals surface area contributed by atoms with Gasteiger partial charge >= 0.3 is 5.97 Å². The smallest absolute Gasteiger partial charge is 0.312 e. The van der Waals surface area contributed by atoms with Crippen molar-refractivity contribution in [1.29, 1.82) is 0 Å². The Morgan fingerprint density at radius 2 is 1.36 bits per heavy atom. The summed E-state index contributed by atoms with van der Waals surface area (Å²) < 4.78 is 0. The molecule has 2 atom stereocenters. The van der Waals surface area contributed by atoms with Crippen LogP contribution in [0.5, 0.6) is 0 Å². The van der Waals surface area contributed by atoms with Gasteiger partial charge in [0.2, 0.25) is 0 Å². The first-order valence-electron chi connectivity index (χ1n) is 9.19. The van der Waals surface area contributed by atoms with Crippen LogP contribution >= 0.6 is 0 Å². The van der Waals surface area contributed by atoms with Crippen LogP contribution in [0.2, 0.25) is 0 Å². The zero-order valence-corrected chi connectivity index (χ0v) is 15.7. The molecule has 2 N–H and O–H groups in total. The second-order valence-corrected chi connectivity index (χ2v) is 7.07. The molecule has 0 radical (unpaired) electrons. The van der Waals surface area contributed by atoms with Gasteiger partial charge in [0, 0.05) is 5.56 Å². The topological polar surface area (TPSA) is 66.4 Å². The van der Waals surface area contributed by atoms with Crippen molar-refractivity contribution < 1.29 is 14.7 Å². The second-order valence-electron chi connectivity index (χ2n) is 7.07.